The van der Waals surface area contributed by atoms with Gasteiger partial charge in [-0.25, -0.2) is 4.39 Å². The maximum Gasteiger partial charge on any atom is 0.203 e. The van der Waals surface area contributed by atoms with E-state index in [-0.39, 0.29) is 17.9 Å². The Morgan fingerprint density at radius 3 is 2.40 bits per heavy atom. The van der Waals surface area contributed by atoms with Crippen molar-refractivity contribution in [1.29, 1.82) is 0 Å². The van der Waals surface area contributed by atoms with Gasteiger partial charge in [0.1, 0.15) is 5.82 Å². The molecule has 80 valence electrons. The standard InChI is InChI=1S/C12H13FO2/c1-8(2)12(15)11(14)7-9-5-3-4-6-10(9)13/h3-6,8H,7H2,1-2H3. The van der Waals surface area contributed by atoms with E-state index in [0.717, 1.165) is 0 Å². The van der Waals surface area contributed by atoms with Gasteiger partial charge >= 0.3 is 0 Å². The van der Waals surface area contributed by atoms with Gasteiger partial charge in [0.25, 0.3) is 0 Å². The number of rotatable bonds is 4. The summed E-state index contributed by atoms with van der Waals surface area (Å²) < 4.78 is 13.2. The van der Waals surface area contributed by atoms with Crippen LogP contribution in [0.4, 0.5) is 4.39 Å². The summed E-state index contributed by atoms with van der Waals surface area (Å²) in [5.74, 6) is -1.75. The summed E-state index contributed by atoms with van der Waals surface area (Å²) in [6, 6.07) is 5.99. The van der Waals surface area contributed by atoms with Crippen LogP contribution in [0.2, 0.25) is 0 Å². The highest BCUT2D eigenvalue weighted by Crippen LogP contribution is 2.09. The third-order valence-electron chi connectivity index (χ3n) is 2.11. The van der Waals surface area contributed by atoms with E-state index in [9.17, 15) is 14.0 Å². The van der Waals surface area contributed by atoms with E-state index in [0.29, 0.717) is 0 Å². The second kappa shape index (κ2) is 4.82. The van der Waals surface area contributed by atoms with Crippen molar-refractivity contribution in [3.63, 3.8) is 0 Å². The Labute approximate surface area is 88.1 Å². The van der Waals surface area contributed by atoms with Crippen LogP contribution in [0.1, 0.15) is 19.4 Å². The quantitative estimate of drug-likeness (QED) is 0.710. The Balaban J connectivity index is 2.75. The molecule has 0 N–H and O–H groups in total. The normalized spacial score (nSPS) is 10.4. The number of Topliss-reactive ketones (excluding diaryl/α,β-unsaturated/α-hetero) is 2. The molecule has 0 aromatic heterocycles. The Morgan fingerprint density at radius 2 is 1.87 bits per heavy atom. The monoisotopic (exact) mass is 208 g/mol. The van der Waals surface area contributed by atoms with Crippen LogP contribution in [0.5, 0.6) is 0 Å². The molecular formula is C12H13FO2. The molecule has 0 radical (unpaired) electrons. The molecule has 0 heterocycles. The molecule has 0 amide bonds. The van der Waals surface area contributed by atoms with Crippen molar-refractivity contribution in [2.24, 2.45) is 5.92 Å². The number of ketones is 2. The average Bonchev–Trinajstić information content (AvgIpc) is 2.20. The SMILES string of the molecule is CC(C)C(=O)C(=O)Cc1ccccc1F. The van der Waals surface area contributed by atoms with Gasteiger partial charge in [-0.1, -0.05) is 32.0 Å². The van der Waals surface area contributed by atoms with E-state index in [2.05, 4.69) is 0 Å². The molecule has 1 rings (SSSR count). The minimum atomic E-state index is -0.532. The predicted octanol–water partition coefficient (Wildman–Crippen LogP) is 2.16. The number of carbonyl (C=O) groups excluding carboxylic acids is 2. The summed E-state index contributed by atoms with van der Waals surface area (Å²) in [6.07, 6.45) is -0.149. The van der Waals surface area contributed by atoms with Crippen LogP contribution in [0.25, 0.3) is 0 Å². The largest absolute Gasteiger partial charge is 0.291 e. The molecule has 0 aliphatic heterocycles. The van der Waals surface area contributed by atoms with Crippen LogP contribution in [0.15, 0.2) is 24.3 Å². The molecule has 0 aliphatic rings. The van der Waals surface area contributed by atoms with E-state index in [1.807, 2.05) is 0 Å². The number of carbonyl (C=O) groups is 2. The van der Waals surface area contributed by atoms with Gasteiger partial charge in [-0.3, -0.25) is 9.59 Å². The molecule has 0 spiro atoms. The maximum absolute atomic E-state index is 13.2. The minimum absolute atomic E-state index is 0.149. The molecule has 2 nitrogen and oxygen atoms in total. The second-order valence-corrected chi connectivity index (χ2v) is 3.71. The fraction of sp³-hybridized carbons (Fsp3) is 0.333. The van der Waals surface area contributed by atoms with Crippen LogP contribution in [-0.4, -0.2) is 11.6 Å². The van der Waals surface area contributed by atoms with E-state index in [1.165, 1.54) is 12.1 Å². The molecule has 0 saturated carbocycles. The molecular weight excluding hydrogens is 195 g/mol. The van der Waals surface area contributed by atoms with Crippen LogP contribution in [-0.2, 0) is 16.0 Å². The fourth-order valence-corrected chi connectivity index (χ4v) is 1.22. The second-order valence-electron chi connectivity index (χ2n) is 3.71. The first-order chi connectivity index (χ1) is 7.02. The molecule has 15 heavy (non-hydrogen) atoms. The molecule has 0 saturated heterocycles. The molecule has 0 fully saturated rings. The summed E-state index contributed by atoms with van der Waals surface area (Å²) in [7, 11) is 0. The third kappa shape index (κ3) is 2.98. The molecule has 1 aromatic rings. The topological polar surface area (TPSA) is 34.1 Å². The summed E-state index contributed by atoms with van der Waals surface area (Å²) in [5, 5.41) is 0. The maximum atomic E-state index is 13.2. The first-order valence-electron chi connectivity index (χ1n) is 4.83. The minimum Gasteiger partial charge on any atom is -0.291 e. The van der Waals surface area contributed by atoms with E-state index >= 15 is 0 Å². The van der Waals surface area contributed by atoms with Gasteiger partial charge in [-0.2, -0.15) is 0 Å². The van der Waals surface area contributed by atoms with Gasteiger partial charge in [-0.05, 0) is 11.6 Å². The molecule has 3 heteroatoms. The van der Waals surface area contributed by atoms with Crippen LogP contribution in [0.3, 0.4) is 0 Å². The Bertz CT molecular complexity index is 383. The molecule has 0 bridgehead atoms. The zero-order valence-corrected chi connectivity index (χ0v) is 8.79. The van der Waals surface area contributed by atoms with Gasteiger partial charge in [-0.15, -0.1) is 0 Å². The number of hydrogen-bond acceptors (Lipinski definition) is 2. The van der Waals surface area contributed by atoms with Crippen molar-refractivity contribution >= 4 is 11.6 Å². The lowest BCUT2D eigenvalue weighted by Crippen LogP contribution is -2.21. The zero-order chi connectivity index (χ0) is 11.4. The first-order valence-corrected chi connectivity index (χ1v) is 4.83. The summed E-state index contributed by atoms with van der Waals surface area (Å²) in [6.45, 7) is 3.31. The number of hydrogen-bond donors (Lipinski definition) is 0. The Morgan fingerprint density at radius 1 is 1.27 bits per heavy atom. The van der Waals surface area contributed by atoms with Crippen molar-refractivity contribution < 1.29 is 14.0 Å². The Kier molecular flexibility index (Phi) is 3.72. The van der Waals surface area contributed by atoms with Gasteiger partial charge < -0.3 is 0 Å². The van der Waals surface area contributed by atoms with Crippen molar-refractivity contribution in [2.75, 3.05) is 0 Å². The lowest BCUT2D eigenvalue weighted by molar-refractivity contribution is -0.138. The predicted molar refractivity (Wildman–Crippen MR) is 55.0 cm³/mol. The van der Waals surface area contributed by atoms with E-state index < -0.39 is 17.4 Å². The lowest BCUT2D eigenvalue weighted by Gasteiger charge is -2.03. The highest BCUT2D eigenvalue weighted by molar-refractivity contribution is 6.38. The highest BCUT2D eigenvalue weighted by atomic mass is 19.1. The van der Waals surface area contributed by atoms with Crippen molar-refractivity contribution in [2.45, 2.75) is 20.3 Å². The lowest BCUT2D eigenvalue weighted by atomic mass is 9.99. The average molecular weight is 208 g/mol. The van der Waals surface area contributed by atoms with Crippen molar-refractivity contribution in [1.82, 2.24) is 0 Å². The van der Waals surface area contributed by atoms with Gasteiger partial charge in [0.15, 0.2) is 0 Å². The Hall–Kier alpha value is -1.51. The summed E-state index contributed by atoms with van der Waals surface area (Å²) in [4.78, 5) is 22.7. The van der Waals surface area contributed by atoms with Gasteiger partial charge in [0, 0.05) is 12.3 Å². The third-order valence-corrected chi connectivity index (χ3v) is 2.11. The van der Waals surface area contributed by atoms with Gasteiger partial charge in [0.05, 0.1) is 0 Å². The van der Waals surface area contributed by atoms with E-state index in [1.54, 1.807) is 26.0 Å². The highest BCUT2D eigenvalue weighted by Gasteiger charge is 2.18. The van der Waals surface area contributed by atoms with E-state index in [4.69, 9.17) is 0 Å². The molecule has 1 aromatic carbocycles. The van der Waals surface area contributed by atoms with Crippen LogP contribution in [0, 0.1) is 11.7 Å². The van der Waals surface area contributed by atoms with Crippen molar-refractivity contribution in [3.8, 4) is 0 Å². The van der Waals surface area contributed by atoms with Crippen LogP contribution >= 0.6 is 0 Å². The number of halogens is 1. The van der Waals surface area contributed by atoms with Crippen molar-refractivity contribution in [3.05, 3.63) is 35.6 Å². The van der Waals surface area contributed by atoms with Gasteiger partial charge in [0.2, 0.25) is 11.6 Å². The summed E-state index contributed by atoms with van der Waals surface area (Å²) in [5.41, 5.74) is 0.275. The summed E-state index contributed by atoms with van der Waals surface area (Å²) >= 11 is 0. The fourth-order valence-electron chi connectivity index (χ4n) is 1.22. The first kappa shape index (κ1) is 11.6. The molecule has 0 aliphatic carbocycles. The smallest absolute Gasteiger partial charge is 0.203 e. The zero-order valence-electron chi connectivity index (χ0n) is 8.79. The van der Waals surface area contributed by atoms with Crippen LogP contribution < -0.4 is 0 Å². The molecule has 0 atom stereocenters. The number of benzene rings is 1. The molecule has 0 unspecified atom stereocenters.